The molecule has 0 amide bonds. The molecule has 1 saturated heterocycles. The average Bonchev–Trinajstić information content (AvgIpc) is 3.07. The highest BCUT2D eigenvalue weighted by atomic mass is 79.9. The van der Waals surface area contributed by atoms with E-state index in [0.717, 1.165) is 42.9 Å². The summed E-state index contributed by atoms with van der Waals surface area (Å²) >= 11 is 3.44. The average molecular weight is 405 g/mol. The Kier molecular flexibility index (Phi) is 4.91. The lowest BCUT2D eigenvalue weighted by Gasteiger charge is -2.23. The molecule has 0 bridgehead atoms. The SMILES string of the molecule is Brc1ccc(-c2nnc3ccc(OCC[NH+]4CCOCC4)nn23)cc1. The minimum Gasteiger partial charge on any atom is -0.471 e. The van der Waals surface area contributed by atoms with Gasteiger partial charge in [0, 0.05) is 16.1 Å². The van der Waals surface area contributed by atoms with Gasteiger partial charge in [-0.1, -0.05) is 28.1 Å². The van der Waals surface area contributed by atoms with Crippen LogP contribution in [0.2, 0.25) is 0 Å². The van der Waals surface area contributed by atoms with E-state index in [4.69, 9.17) is 9.47 Å². The van der Waals surface area contributed by atoms with Crippen molar-refractivity contribution >= 4 is 21.6 Å². The van der Waals surface area contributed by atoms with Crippen LogP contribution in [0.15, 0.2) is 40.9 Å². The van der Waals surface area contributed by atoms with E-state index < -0.39 is 0 Å². The Bertz CT molecular complexity index is 846. The Hall–Kier alpha value is -2.03. The maximum atomic E-state index is 5.84. The topological polar surface area (TPSA) is 66.0 Å². The molecule has 130 valence electrons. The lowest BCUT2D eigenvalue weighted by atomic mass is 10.2. The third-order valence-corrected chi connectivity index (χ3v) is 4.77. The van der Waals surface area contributed by atoms with E-state index in [1.165, 1.54) is 4.90 Å². The molecule has 25 heavy (non-hydrogen) atoms. The van der Waals surface area contributed by atoms with Crippen molar-refractivity contribution in [3.8, 4) is 17.3 Å². The van der Waals surface area contributed by atoms with E-state index in [2.05, 4.69) is 31.2 Å². The van der Waals surface area contributed by atoms with Crippen molar-refractivity contribution in [3.05, 3.63) is 40.9 Å². The van der Waals surface area contributed by atoms with Crippen LogP contribution in [0, 0.1) is 0 Å². The van der Waals surface area contributed by atoms with Gasteiger partial charge in [-0.2, -0.15) is 4.52 Å². The molecule has 0 aliphatic carbocycles. The fourth-order valence-corrected chi connectivity index (χ4v) is 3.10. The molecular weight excluding hydrogens is 386 g/mol. The zero-order chi connectivity index (χ0) is 17.1. The molecule has 1 fully saturated rings. The van der Waals surface area contributed by atoms with Gasteiger partial charge >= 0.3 is 0 Å². The molecule has 0 spiro atoms. The smallest absolute Gasteiger partial charge is 0.232 e. The summed E-state index contributed by atoms with van der Waals surface area (Å²) in [4.78, 5) is 1.51. The molecule has 1 aliphatic heterocycles. The minimum atomic E-state index is 0.582. The van der Waals surface area contributed by atoms with E-state index in [-0.39, 0.29) is 0 Å². The van der Waals surface area contributed by atoms with Gasteiger partial charge in [0.2, 0.25) is 5.88 Å². The number of benzene rings is 1. The predicted molar refractivity (Wildman–Crippen MR) is 95.8 cm³/mol. The Morgan fingerprint density at radius 3 is 2.68 bits per heavy atom. The Morgan fingerprint density at radius 2 is 1.88 bits per heavy atom. The number of ether oxygens (including phenoxy) is 2. The fourth-order valence-electron chi connectivity index (χ4n) is 2.84. The molecule has 0 radical (unpaired) electrons. The van der Waals surface area contributed by atoms with Crippen molar-refractivity contribution in [2.75, 3.05) is 39.5 Å². The van der Waals surface area contributed by atoms with Gasteiger partial charge < -0.3 is 14.4 Å². The van der Waals surface area contributed by atoms with Crippen molar-refractivity contribution in [2.24, 2.45) is 0 Å². The van der Waals surface area contributed by atoms with Crippen molar-refractivity contribution in [2.45, 2.75) is 0 Å². The summed E-state index contributed by atoms with van der Waals surface area (Å²) in [7, 11) is 0. The van der Waals surface area contributed by atoms with Crippen LogP contribution in [0.3, 0.4) is 0 Å². The summed E-state index contributed by atoms with van der Waals surface area (Å²) in [6.45, 7) is 5.31. The molecule has 2 aromatic heterocycles. The zero-order valence-electron chi connectivity index (χ0n) is 13.7. The Morgan fingerprint density at radius 1 is 1.08 bits per heavy atom. The van der Waals surface area contributed by atoms with E-state index in [1.807, 2.05) is 36.4 Å². The van der Waals surface area contributed by atoms with E-state index in [0.29, 0.717) is 24.0 Å². The summed E-state index contributed by atoms with van der Waals surface area (Å²) in [5.41, 5.74) is 1.65. The maximum absolute atomic E-state index is 5.84. The van der Waals surface area contributed by atoms with Gasteiger partial charge in [-0.15, -0.1) is 15.3 Å². The van der Waals surface area contributed by atoms with Gasteiger partial charge in [-0.25, -0.2) is 0 Å². The summed E-state index contributed by atoms with van der Waals surface area (Å²) in [6.07, 6.45) is 0. The summed E-state index contributed by atoms with van der Waals surface area (Å²) in [5, 5.41) is 13.0. The van der Waals surface area contributed by atoms with Crippen LogP contribution in [0.4, 0.5) is 0 Å². The number of nitrogens with one attached hydrogen (secondary N) is 1. The molecule has 8 heteroatoms. The van der Waals surface area contributed by atoms with Crippen molar-refractivity contribution in [1.29, 1.82) is 0 Å². The van der Waals surface area contributed by atoms with Crippen molar-refractivity contribution < 1.29 is 14.4 Å². The highest BCUT2D eigenvalue weighted by molar-refractivity contribution is 9.10. The molecule has 0 unspecified atom stereocenters. The Labute approximate surface area is 153 Å². The van der Waals surface area contributed by atoms with Crippen molar-refractivity contribution in [1.82, 2.24) is 19.8 Å². The molecular formula is C17H19BrN5O2+. The first-order valence-corrected chi connectivity index (χ1v) is 9.11. The zero-order valence-corrected chi connectivity index (χ0v) is 15.3. The molecule has 0 atom stereocenters. The fraction of sp³-hybridized carbons (Fsp3) is 0.353. The summed E-state index contributed by atoms with van der Waals surface area (Å²) < 4.78 is 14.0. The van der Waals surface area contributed by atoms with Crippen molar-refractivity contribution in [3.63, 3.8) is 0 Å². The molecule has 0 saturated carbocycles. The van der Waals surface area contributed by atoms with Crippen LogP contribution in [0.25, 0.3) is 17.0 Å². The van der Waals surface area contributed by atoms with Gasteiger partial charge in [0.15, 0.2) is 11.5 Å². The number of aromatic nitrogens is 4. The molecule has 3 aromatic rings. The minimum absolute atomic E-state index is 0.582. The van der Waals surface area contributed by atoms with Gasteiger partial charge in [0.25, 0.3) is 0 Å². The number of nitrogens with zero attached hydrogens (tertiary/aromatic N) is 4. The highest BCUT2D eigenvalue weighted by Crippen LogP contribution is 2.21. The first kappa shape index (κ1) is 16.4. The van der Waals surface area contributed by atoms with E-state index in [1.54, 1.807) is 4.52 Å². The first-order valence-electron chi connectivity index (χ1n) is 8.32. The Balaban J connectivity index is 1.49. The van der Waals surface area contributed by atoms with Gasteiger partial charge in [-0.05, 0) is 18.2 Å². The molecule has 7 nitrogen and oxygen atoms in total. The van der Waals surface area contributed by atoms with Crippen LogP contribution in [0.1, 0.15) is 0 Å². The van der Waals surface area contributed by atoms with Gasteiger partial charge in [0.1, 0.15) is 26.2 Å². The number of morpholine rings is 1. The largest absolute Gasteiger partial charge is 0.471 e. The number of rotatable bonds is 5. The normalized spacial score (nSPS) is 15.6. The number of hydrogen-bond donors (Lipinski definition) is 1. The van der Waals surface area contributed by atoms with Crippen LogP contribution in [-0.4, -0.2) is 59.3 Å². The van der Waals surface area contributed by atoms with Gasteiger partial charge in [0.05, 0.1) is 13.2 Å². The monoisotopic (exact) mass is 404 g/mol. The molecule has 1 aliphatic rings. The van der Waals surface area contributed by atoms with Crippen LogP contribution < -0.4 is 9.64 Å². The predicted octanol–water partition coefficient (Wildman–Crippen LogP) is 0.848. The van der Waals surface area contributed by atoms with Gasteiger partial charge in [-0.3, -0.25) is 0 Å². The van der Waals surface area contributed by atoms with Crippen LogP contribution >= 0.6 is 15.9 Å². The highest BCUT2D eigenvalue weighted by Gasteiger charge is 2.14. The number of halogens is 1. The third kappa shape index (κ3) is 3.81. The molecule has 1 N–H and O–H groups in total. The molecule has 1 aromatic carbocycles. The quantitative estimate of drug-likeness (QED) is 0.682. The number of fused-ring (bicyclic) bond motifs is 1. The standard InChI is InChI=1S/C17H18BrN5O2/c18-14-3-1-13(2-4-14)17-20-19-15-5-6-16(21-23(15)17)25-12-9-22-7-10-24-11-8-22/h1-6H,7-12H2/p+1. The first-order chi connectivity index (χ1) is 12.3. The lowest BCUT2D eigenvalue weighted by Crippen LogP contribution is -3.14. The summed E-state index contributed by atoms with van der Waals surface area (Å²) in [6, 6.07) is 11.6. The summed E-state index contributed by atoms with van der Waals surface area (Å²) in [5.74, 6) is 1.28. The number of quaternary nitrogens is 1. The third-order valence-electron chi connectivity index (χ3n) is 4.25. The maximum Gasteiger partial charge on any atom is 0.232 e. The molecule has 3 heterocycles. The van der Waals surface area contributed by atoms with Crippen LogP contribution in [-0.2, 0) is 4.74 Å². The lowest BCUT2D eigenvalue weighted by molar-refractivity contribution is -0.908. The van der Waals surface area contributed by atoms with E-state index in [9.17, 15) is 0 Å². The second-order valence-electron chi connectivity index (χ2n) is 5.93. The second kappa shape index (κ2) is 7.47. The number of hydrogen-bond acceptors (Lipinski definition) is 5. The van der Waals surface area contributed by atoms with E-state index >= 15 is 0 Å². The van der Waals surface area contributed by atoms with Crippen LogP contribution in [0.5, 0.6) is 5.88 Å². The molecule has 4 rings (SSSR count). The second-order valence-corrected chi connectivity index (χ2v) is 6.85.